The molecule has 1 saturated heterocycles. The molecule has 2 aliphatic heterocycles. The SMILES string of the molecule is CN(C)C(=O)COc1ccc(NC(=O)C2CCCN(C3=NS(=O)(=O)c4ccccc43)C2)cc1. The van der Waals surface area contributed by atoms with Crippen molar-refractivity contribution in [1.82, 2.24) is 9.80 Å². The van der Waals surface area contributed by atoms with Crippen molar-refractivity contribution in [2.45, 2.75) is 17.7 Å². The number of nitrogens with zero attached hydrogens (tertiary/aromatic N) is 3. The van der Waals surface area contributed by atoms with Crippen LogP contribution in [0.3, 0.4) is 0 Å². The lowest BCUT2D eigenvalue weighted by Crippen LogP contribution is -2.43. The largest absolute Gasteiger partial charge is 0.484 e. The van der Waals surface area contributed by atoms with Crippen molar-refractivity contribution < 1.29 is 22.7 Å². The van der Waals surface area contributed by atoms with Crippen LogP contribution in [0, 0.1) is 5.92 Å². The molecule has 0 aliphatic carbocycles. The average Bonchev–Trinajstić information content (AvgIpc) is 3.09. The smallest absolute Gasteiger partial charge is 0.285 e. The van der Waals surface area contributed by atoms with E-state index in [0.717, 1.165) is 6.42 Å². The highest BCUT2D eigenvalue weighted by molar-refractivity contribution is 7.90. The number of hydrogen-bond acceptors (Lipinski definition) is 6. The standard InChI is InChI=1S/C23H26N4O5S/c1-26(2)21(28)15-32-18-11-9-17(10-12-18)24-23(29)16-6-5-13-27(14-16)22-19-7-3-4-8-20(19)33(30,31)25-22/h3-4,7-12,16H,5-6,13-15H2,1-2H3,(H,24,29). The van der Waals surface area contributed by atoms with Gasteiger partial charge in [0.1, 0.15) is 10.6 Å². The van der Waals surface area contributed by atoms with Crippen molar-refractivity contribution in [1.29, 1.82) is 0 Å². The molecule has 2 aliphatic rings. The number of likely N-dealkylation sites (N-methyl/N-ethyl adjacent to an activating group) is 1. The van der Waals surface area contributed by atoms with E-state index in [2.05, 4.69) is 9.71 Å². The van der Waals surface area contributed by atoms with Gasteiger partial charge in [-0.2, -0.15) is 8.42 Å². The number of anilines is 1. The molecule has 1 unspecified atom stereocenters. The monoisotopic (exact) mass is 470 g/mol. The molecule has 1 fully saturated rings. The molecule has 0 spiro atoms. The molecule has 9 nitrogen and oxygen atoms in total. The van der Waals surface area contributed by atoms with Gasteiger partial charge in [0.2, 0.25) is 5.91 Å². The Morgan fingerprint density at radius 1 is 1.15 bits per heavy atom. The molecule has 1 N–H and O–H groups in total. The molecule has 10 heteroatoms. The number of fused-ring (bicyclic) bond motifs is 1. The molecule has 174 valence electrons. The Morgan fingerprint density at radius 2 is 1.88 bits per heavy atom. The summed E-state index contributed by atoms with van der Waals surface area (Å²) in [6, 6.07) is 13.6. The fourth-order valence-electron chi connectivity index (χ4n) is 3.85. The lowest BCUT2D eigenvalue weighted by molar-refractivity contribution is -0.130. The summed E-state index contributed by atoms with van der Waals surface area (Å²) in [7, 11) is -0.379. The second-order valence-electron chi connectivity index (χ2n) is 8.26. The molecule has 0 aromatic heterocycles. The molecule has 0 radical (unpaired) electrons. The van der Waals surface area contributed by atoms with E-state index in [0.29, 0.717) is 42.3 Å². The van der Waals surface area contributed by atoms with Crippen molar-refractivity contribution in [3.05, 3.63) is 54.1 Å². The molecule has 2 aromatic carbocycles. The Labute approximate surface area is 193 Å². The molecule has 2 heterocycles. The van der Waals surface area contributed by atoms with Gasteiger partial charge in [0.05, 0.1) is 5.92 Å². The molecule has 2 aromatic rings. The van der Waals surface area contributed by atoms with E-state index in [4.69, 9.17) is 4.74 Å². The predicted octanol–water partition coefficient (Wildman–Crippen LogP) is 1.95. The molecule has 0 saturated carbocycles. The highest BCUT2D eigenvalue weighted by Crippen LogP contribution is 2.30. The minimum absolute atomic E-state index is 0.0562. The van der Waals surface area contributed by atoms with E-state index in [9.17, 15) is 18.0 Å². The number of amides is 2. The van der Waals surface area contributed by atoms with Gasteiger partial charge in [-0.25, -0.2) is 0 Å². The Bertz CT molecular complexity index is 1190. The van der Waals surface area contributed by atoms with Crippen molar-refractivity contribution in [2.24, 2.45) is 10.3 Å². The van der Waals surface area contributed by atoms with Crippen LogP contribution in [0.15, 0.2) is 57.8 Å². The summed E-state index contributed by atoms with van der Waals surface area (Å²) in [5, 5.41) is 2.91. The minimum atomic E-state index is -3.70. The first kappa shape index (κ1) is 22.8. The van der Waals surface area contributed by atoms with E-state index < -0.39 is 10.0 Å². The van der Waals surface area contributed by atoms with Crippen molar-refractivity contribution in [3.63, 3.8) is 0 Å². The summed E-state index contributed by atoms with van der Waals surface area (Å²) in [5.74, 6) is 0.371. The topological polar surface area (TPSA) is 108 Å². The summed E-state index contributed by atoms with van der Waals surface area (Å²) in [6.07, 6.45) is 1.46. The Morgan fingerprint density at radius 3 is 2.61 bits per heavy atom. The number of benzene rings is 2. The zero-order chi connectivity index (χ0) is 23.6. The maximum Gasteiger partial charge on any atom is 0.285 e. The number of nitrogens with one attached hydrogen (secondary N) is 1. The highest BCUT2D eigenvalue weighted by atomic mass is 32.2. The fraction of sp³-hybridized carbons (Fsp3) is 0.348. The number of hydrogen-bond donors (Lipinski definition) is 1. The molecule has 1 atom stereocenters. The van der Waals surface area contributed by atoms with Crippen molar-refractivity contribution >= 4 is 33.4 Å². The third kappa shape index (κ3) is 5.00. The zero-order valence-electron chi connectivity index (χ0n) is 18.5. The van der Waals surface area contributed by atoms with Gasteiger partial charge in [0.25, 0.3) is 15.9 Å². The van der Waals surface area contributed by atoms with Crippen molar-refractivity contribution in [3.8, 4) is 5.75 Å². The van der Waals surface area contributed by atoms with Crippen LogP contribution in [0.5, 0.6) is 5.75 Å². The highest BCUT2D eigenvalue weighted by Gasteiger charge is 2.35. The third-order valence-electron chi connectivity index (χ3n) is 5.69. The van der Waals surface area contributed by atoms with Crippen LogP contribution in [-0.4, -0.2) is 69.7 Å². The molecule has 33 heavy (non-hydrogen) atoms. The summed E-state index contributed by atoms with van der Waals surface area (Å²) in [5.41, 5.74) is 1.21. The van der Waals surface area contributed by atoms with Crippen LogP contribution in [0.25, 0.3) is 0 Å². The number of carbonyl (C=O) groups excluding carboxylic acids is 2. The molecule has 2 amide bonds. The lowest BCUT2D eigenvalue weighted by atomic mass is 9.96. The first-order valence-electron chi connectivity index (χ1n) is 10.7. The van der Waals surface area contributed by atoms with Gasteiger partial charge < -0.3 is 19.9 Å². The molecular formula is C23H26N4O5S. The van der Waals surface area contributed by atoms with Gasteiger partial charge in [0.15, 0.2) is 12.4 Å². The minimum Gasteiger partial charge on any atom is -0.484 e. The Kier molecular flexibility index (Phi) is 6.37. The molecule has 0 bridgehead atoms. The van der Waals surface area contributed by atoms with Gasteiger partial charge in [0, 0.05) is 38.4 Å². The average molecular weight is 471 g/mol. The summed E-state index contributed by atoms with van der Waals surface area (Å²) >= 11 is 0. The quantitative estimate of drug-likeness (QED) is 0.716. The number of piperidine rings is 1. The zero-order valence-corrected chi connectivity index (χ0v) is 19.3. The van der Waals surface area contributed by atoms with Crippen LogP contribution >= 0.6 is 0 Å². The second-order valence-corrected chi connectivity index (χ2v) is 9.83. The van der Waals surface area contributed by atoms with Crippen LogP contribution < -0.4 is 10.1 Å². The summed E-state index contributed by atoms with van der Waals surface area (Å²) in [6.45, 7) is 0.978. The van der Waals surface area contributed by atoms with Crippen molar-refractivity contribution in [2.75, 3.05) is 39.1 Å². The fourth-order valence-corrected chi connectivity index (χ4v) is 5.08. The number of sulfonamides is 1. The summed E-state index contributed by atoms with van der Waals surface area (Å²) in [4.78, 5) is 28.1. The van der Waals surface area contributed by atoms with Gasteiger partial charge in [-0.3, -0.25) is 9.59 Å². The van der Waals surface area contributed by atoms with Crippen LogP contribution in [0.2, 0.25) is 0 Å². The van der Waals surface area contributed by atoms with Crippen LogP contribution in [-0.2, 0) is 19.6 Å². The van der Waals surface area contributed by atoms with E-state index in [1.807, 2.05) is 4.90 Å². The Balaban J connectivity index is 1.38. The first-order valence-corrected chi connectivity index (χ1v) is 12.1. The van der Waals surface area contributed by atoms with E-state index in [-0.39, 0.29) is 29.2 Å². The van der Waals surface area contributed by atoms with Gasteiger partial charge in [-0.15, -0.1) is 4.40 Å². The number of carbonyl (C=O) groups is 2. The maximum atomic E-state index is 12.9. The number of ether oxygens (including phenoxy) is 1. The van der Waals surface area contributed by atoms with Crippen LogP contribution in [0.1, 0.15) is 18.4 Å². The number of amidine groups is 1. The molecular weight excluding hydrogens is 444 g/mol. The second kappa shape index (κ2) is 9.22. The first-order chi connectivity index (χ1) is 15.7. The number of rotatable bonds is 5. The van der Waals surface area contributed by atoms with Gasteiger partial charge in [-0.1, -0.05) is 12.1 Å². The summed E-state index contributed by atoms with van der Waals surface area (Å²) < 4.78 is 34.2. The van der Waals surface area contributed by atoms with Crippen LogP contribution in [0.4, 0.5) is 5.69 Å². The molecule has 4 rings (SSSR count). The maximum absolute atomic E-state index is 12.9. The predicted molar refractivity (Wildman–Crippen MR) is 124 cm³/mol. The van der Waals surface area contributed by atoms with Gasteiger partial charge >= 0.3 is 0 Å². The Hall–Kier alpha value is -3.40. The van der Waals surface area contributed by atoms with Gasteiger partial charge in [-0.05, 0) is 49.2 Å². The number of likely N-dealkylation sites (tertiary alicyclic amines) is 1. The third-order valence-corrected chi connectivity index (χ3v) is 7.01. The normalized spacial score (nSPS) is 18.8. The lowest BCUT2D eigenvalue weighted by Gasteiger charge is -2.33. The van der Waals surface area contributed by atoms with E-state index in [1.54, 1.807) is 62.6 Å². The van der Waals surface area contributed by atoms with E-state index >= 15 is 0 Å². The van der Waals surface area contributed by atoms with E-state index in [1.165, 1.54) is 4.90 Å².